The van der Waals surface area contributed by atoms with E-state index in [4.69, 9.17) is 0 Å². The molecule has 0 aliphatic rings. The molecule has 0 aromatic heterocycles. The van der Waals surface area contributed by atoms with E-state index in [-0.39, 0.29) is 0 Å². The van der Waals surface area contributed by atoms with Crippen molar-refractivity contribution in [1.82, 2.24) is 0 Å². The second-order valence-electron chi connectivity index (χ2n) is 3.42. The molecule has 0 N–H and O–H groups in total. The highest BCUT2D eigenvalue weighted by molar-refractivity contribution is 8.71. The van der Waals surface area contributed by atoms with Crippen LogP contribution in [0.25, 0.3) is 0 Å². The van der Waals surface area contributed by atoms with Crippen molar-refractivity contribution in [3.8, 4) is 0 Å². The number of esters is 1. The molecular formula is C11H14O4S2. The molecule has 0 heterocycles. The van der Waals surface area contributed by atoms with Gasteiger partial charge < -0.3 is 4.74 Å². The molecule has 1 aromatic rings. The van der Waals surface area contributed by atoms with Gasteiger partial charge in [-0.1, -0.05) is 30.3 Å². The van der Waals surface area contributed by atoms with Gasteiger partial charge in [0.1, 0.15) is 0 Å². The summed E-state index contributed by atoms with van der Waals surface area (Å²) in [5.41, 5.74) is -0.204. The van der Waals surface area contributed by atoms with E-state index in [0.717, 1.165) is 16.4 Å². The molecule has 94 valence electrons. The molecule has 1 atom stereocenters. The van der Waals surface area contributed by atoms with E-state index >= 15 is 0 Å². The molecule has 0 spiro atoms. The first-order chi connectivity index (χ1) is 7.92. The van der Waals surface area contributed by atoms with Crippen molar-refractivity contribution in [2.24, 2.45) is 0 Å². The van der Waals surface area contributed by atoms with Crippen molar-refractivity contribution in [1.29, 1.82) is 0 Å². The van der Waals surface area contributed by atoms with Gasteiger partial charge in [-0.2, -0.15) is 0 Å². The Morgan fingerprint density at radius 3 is 2.47 bits per heavy atom. The highest BCUT2D eigenvalue weighted by Crippen LogP contribution is 2.23. The summed E-state index contributed by atoms with van der Waals surface area (Å²) >= 11 is 0. The summed E-state index contributed by atoms with van der Waals surface area (Å²) < 4.78 is 28.1. The lowest BCUT2D eigenvalue weighted by Gasteiger charge is -2.11. The first-order valence-electron chi connectivity index (χ1n) is 5.01. The number of ether oxygens (including phenoxy) is 1. The summed E-state index contributed by atoms with van der Waals surface area (Å²) in [7, 11) is -2.70. The van der Waals surface area contributed by atoms with Crippen LogP contribution in [0.1, 0.15) is 19.4 Å². The maximum Gasteiger partial charge on any atom is 0.303 e. The maximum absolute atomic E-state index is 11.7. The Kier molecular flexibility index (Phi) is 5.02. The summed E-state index contributed by atoms with van der Waals surface area (Å²) in [6.07, 6.45) is 0. The average molecular weight is 274 g/mol. The minimum atomic E-state index is -3.48. The van der Waals surface area contributed by atoms with Crippen LogP contribution < -0.4 is 0 Å². The monoisotopic (exact) mass is 274 g/mol. The number of hydrogen-bond donors (Lipinski definition) is 0. The molecule has 1 rings (SSSR count). The zero-order valence-electron chi connectivity index (χ0n) is 9.62. The molecule has 1 unspecified atom stereocenters. The topological polar surface area (TPSA) is 60.4 Å². The number of carbonyl (C=O) groups excluding carboxylic acids is 1. The van der Waals surface area contributed by atoms with Crippen LogP contribution in [-0.2, 0) is 24.2 Å². The van der Waals surface area contributed by atoms with E-state index in [1.165, 1.54) is 13.8 Å². The highest BCUT2D eigenvalue weighted by atomic mass is 33.1. The van der Waals surface area contributed by atoms with Crippen molar-refractivity contribution in [2.75, 3.05) is 0 Å². The van der Waals surface area contributed by atoms with Crippen molar-refractivity contribution in [2.45, 2.75) is 25.0 Å². The molecule has 0 amide bonds. The van der Waals surface area contributed by atoms with Crippen LogP contribution >= 0.6 is 10.8 Å². The van der Waals surface area contributed by atoms with Crippen LogP contribution in [0.15, 0.2) is 30.3 Å². The first-order valence-corrected chi connectivity index (χ1v) is 8.06. The Morgan fingerprint density at radius 2 is 1.94 bits per heavy atom. The summed E-state index contributed by atoms with van der Waals surface area (Å²) in [6, 6.07) is 9.25. The van der Waals surface area contributed by atoms with Crippen LogP contribution in [-0.4, -0.2) is 19.8 Å². The summed E-state index contributed by atoms with van der Waals surface area (Å²) in [5, 5.41) is 0. The van der Waals surface area contributed by atoms with Crippen molar-refractivity contribution in [3.05, 3.63) is 35.9 Å². The molecule has 0 aliphatic carbocycles. The maximum atomic E-state index is 11.7. The second-order valence-corrected chi connectivity index (χ2v) is 7.69. The van der Waals surface area contributed by atoms with Crippen molar-refractivity contribution < 1.29 is 17.9 Å². The quantitative estimate of drug-likeness (QED) is 0.608. The molecule has 0 fully saturated rings. The third kappa shape index (κ3) is 4.79. The van der Waals surface area contributed by atoms with Gasteiger partial charge in [-0.05, 0) is 23.3 Å². The first kappa shape index (κ1) is 14.1. The van der Waals surface area contributed by atoms with E-state index in [1.54, 1.807) is 0 Å². The lowest BCUT2D eigenvalue weighted by atomic mass is 10.2. The third-order valence-corrected chi connectivity index (χ3v) is 5.81. The third-order valence-electron chi connectivity index (χ3n) is 1.97. The predicted octanol–water partition coefficient (Wildman–Crippen LogP) is 2.16. The van der Waals surface area contributed by atoms with Crippen LogP contribution in [0.2, 0.25) is 0 Å². The van der Waals surface area contributed by atoms with Gasteiger partial charge in [0.25, 0.3) is 0 Å². The number of carbonyl (C=O) groups is 1. The molecule has 4 nitrogen and oxygen atoms in total. The Labute approximate surface area is 105 Å². The highest BCUT2D eigenvalue weighted by Gasteiger charge is 2.24. The Bertz CT molecular complexity index is 468. The fourth-order valence-corrected chi connectivity index (χ4v) is 3.64. The minimum Gasteiger partial charge on any atom is -0.445 e. The van der Waals surface area contributed by atoms with Crippen molar-refractivity contribution >= 4 is 25.6 Å². The van der Waals surface area contributed by atoms with Gasteiger partial charge in [-0.15, -0.1) is 0 Å². The van der Waals surface area contributed by atoms with Crippen LogP contribution in [0, 0.1) is 0 Å². The van der Waals surface area contributed by atoms with Crippen molar-refractivity contribution in [3.63, 3.8) is 0 Å². The van der Waals surface area contributed by atoms with Gasteiger partial charge >= 0.3 is 5.97 Å². The van der Waals surface area contributed by atoms with E-state index in [2.05, 4.69) is 4.74 Å². The zero-order chi connectivity index (χ0) is 12.9. The summed E-state index contributed by atoms with van der Waals surface area (Å²) in [5.74, 6) is -0.254. The van der Waals surface area contributed by atoms with Gasteiger partial charge in [-0.25, -0.2) is 8.42 Å². The van der Waals surface area contributed by atoms with Crippen LogP contribution in [0.4, 0.5) is 0 Å². The Morgan fingerprint density at radius 1 is 1.35 bits per heavy atom. The molecule has 17 heavy (non-hydrogen) atoms. The largest absolute Gasteiger partial charge is 0.445 e. The molecule has 1 aromatic carbocycles. The predicted molar refractivity (Wildman–Crippen MR) is 67.9 cm³/mol. The molecule has 0 bridgehead atoms. The molecular weight excluding hydrogens is 260 g/mol. The van der Waals surface area contributed by atoms with E-state index in [0.29, 0.717) is 5.75 Å². The average Bonchev–Trinajstić information content (AvgIpc) is 2.27. The lowest BCUT2D eigenvalue weighted by Crippen LogP contribution is -2.20. The van der Waals surface area contributed by atoms with E-state index < -0.39 is 20.3 Å². The van der Waals surface area contributed by atoms with Crippen LogP contribution in [0.5, 0.6) is 0 Å². The Balaban J connectivity index is 2.59. The van der Waals surface area contributed by atoms with Crippen LogP contribution in [0.3, 0.4) is 0 Å². The smallest absolute Gasteiger partial charge is 0.303 e. The van der Waals surface area contributed by atoms with E-state index in [9.17, 15) is 13.2 Å². The number of rotatable bonds is 5. The van der Waals surface area contributed by atoms with Gasteiger partial charge in [-0.3, -0.25) is 4.79 Å². The molecule has 0 saturated heterocycles. The number of benzene rings is 1. The van der Waals surface area contributed by atoms with Gasteiger partial charge in [0, 0.05) is 12.7 Å². The zero-order valence-corrected chi connectivity index (χ0v) is 11.3. The van der Waals surface area contributed by atoms with Gasteiger partial charge in [0.2, 0.25) is 14.3 Å². The molecule has 0 aliphatic heterocycles. The lowest BCUT2D eigenvalue weighted by molar-refractivity contribution is -0.142. The standard InChI is InChI=1S/C11H14O4S2/c1-9(12)15-10(2)17(13,14)16-8-11-6-4-3-5-7-11/h3-7,10H,8H2,1-2H3. The van der Waals surface area contributed by atoms with Gasteiger partial charge in [0.05, 0.1) is 0 Å². The summed E-state index contributed by atoms with van der Waals surface area (Å²) in [4.78, 5) is 10.7. The number of hydrogen-bond acceptors (Lipinski definition) is 5. The minimum absolute atomic E-state index is 0.342. The van der Waals surface area contributed by atoms with Gasteiger partial charge in [0.15, 0.2) is 0 Å². The Hall–Kier alpha value is -1.01. The molecule has 0 radical (unpaired) electrons. The fourth-order valence-electron chi connectivity index (χ4n) is 1.11. The van der Waals surface area contributed by atoms with E-state index in [1.807, 2.05) is 30.3 Å². The molecule has 6 heteroatoms. The normalized spacial score (nSPS) is 13.1. The molecule has 0 saturated carbocycles. The second kappa shape index (κ2) is 6.07. The fraction of sp³-hybridized carbons (Fsp3) is 0.364. The SMILES string of the molecule is CC(=O)OC(C)S(=O)(=O)SCc1ccccc1. The summed E-state index contributed by atoms with van der Waals surface area (Å²) in [6.45, 7) is 2.54.